The number of aromatic nitrogens is 1. The van der Waals surface area contributed by atoms with Gasteiger partial charge in [-0.3, -0.25) is 9.69 Å². The third kappa shape index (κ3) is 3.08. The molecule has 1 aromatic carbocycles. The fourth-order valence-electron chi connectivity index (χ4n) is 2.33. The first-order chi connectivity index (χ1) is 10.9. The highest BCUT2D eigenvalue weighted by atomic mass is 19.1. The number of rotatable bonds is 4. The molecule has 122 valence electrons. The number of hydrogen-bond donors (Lipinski definition) is 1. The van der Waals surface area contributed by atoms with Crippen molar-refractivity contribution in [3.05, 3.63) is 35.6 Å². The second-order valence-electron chi connectivity index (χ2n) is 4.99. The van der Waals surface area contributed by atoms with Crippen LogP contribution < -0.4 is 4.90 Å². The van der Waals surface area contributed by atoms with Crippen LogP contribution in [0.5, 0.6) is 0 Å². The Morgan fingerprint density at radius 1 is 1.26 bits per heavy atom. The second-order valence-corrected chi connectivity index (χ2v) is 4.99. The van der Waals surface area contributed by atoms with Gasteiger partial charge in [0.2, 0.25) is 0 Å². The molecule has 0 atom stereocenters. The fourth-order valence-corrected chi connectivity index (χ4v) is 2.33. The molecule has 1 aromatic heterocycles. The van der Waals surface area contributed by atoms with Crippen LogP contribution >= 0.6 is 0 Å². The molecule has 0 spiro atoms. The van der Waals surface area contributed by atoms with E-state index in [0.29, 0.717) is 18.6 Å². The Bertz CT molecular complexity index is 760. The summed E-state index contributed by atoms with van der Waals surface area (Å²) in [6, 6.07) is 5.70. The van der Waals surface area contributed by atoms with Gasteiger partial charge < -0.3 is 10.0 Å². The van der Waals surface area contributed by atoms with Crippen molar-refractivity contribution in [3.8, 4) is 0 Å². The number of carbonyl (C=O) groups excluding carboxylic acids is 1. The minimum Gasteiger partial charge on any atom is -0.465 e. The predicted molar refractivity (Wildman–Crippen MR) is 85.4 cm³/mol. The number of nitrogens with zero attached hydrogens (tertiary/aromatic N) is 3. The summed E-state index contributed by atoms with van der Waals surface area (Å²) in [5.74, 6) is -0.892. The molecular weight excluding hydrogens is 301 g/mol. The quantitative estimate of drug-likeness (QED) is 0.940. The average molecular weight is 319 g/mol. The van der Waals surface area contributed by atoms with E-state index in [4.69, 9.17) is 0 Å². The number of halogens is 1. The summed E-state index contributed by atoms with van der Waals surface area (Å²) in [5.41, 5.74) is 0.361. The standard InChI is InChI=1S/C16H18FN3O3/c1-4-20(5-2)15(21)11-9-10-12(17)7-6-8-13(10)18-14(11)19(3)16(22)23/h6-9H,4-5H2,1-3H3,(H,22,23). The van der Waals surface area contributed by atoms with Gasteiger partial charge in [-0.25, -0.2) is 14.2 Å². The first kappa shape index (κ1) is 16.7. The van der Waals surface area contributed by atoms with Crippen LogP contribution in [-0.2, 0) is 0 Å². The Hall–Kier alpha value is -2.70. The minimum absolute atomic E-state index is 0.00694. The monoisotopic (exact) mass is 319 g/mol. The third-order valence-electron chi connectivity index (χ3n) is 3.67. The largest absolute Gasteiger partial charge is 0.465 e. The number of hydrogen-bond acceptors (Lipinski definition) is 3. The lowest BCUT2D eigenvalue weighted by molar-refractivity contribution is 0.0773. The summed E-state index contributed by atoms with van der Waals surface area (Å²) in [6.45, 7) is 4.55. The van der Waals surface area contributed by atoms with Crippen molar-refractivity contribution >= 4 is 28.7 Å². The number of benzene rings is 1. The summed E-state index contributed by atoms with van der Waals surface area (Å²) in [7, 11) is 1.30. The zero-order chi connectivity index (χ0) is 17.1. The van der Waals surface area contributed by atoms with Gasteiger partial charge in [0, 0.05) is 25.5 Å². The Balaban J connectivity index is 2.72. The van der Waals surface area contributed by atoms with E-state index < -0.39 is 11.9 Å². The molecule has 23 heavy (non-hydrogen) atoms. The van der Waals surface area contributed by atoms with Crippen molar-refractivity contribution in [1.29, 1.82) is 0 Å². The van der Waals surface area contributed by atoms with Gasteiger partial charge in [0.1, 0.15) is 5.82 Å². The van der Waals surface area contributed by atoms with Crippen molar-refractivity contribution in [2.45, 2.75) is 13.8 Å². The summed E-state index contributed by atoms with van der Waals surface area (Å²) in [6.07, 6.45) is -1.25. The highest BCUT2D eigenvalue weighted by molar-refractivity contribution is 6.05. The van der Waals surface area contributed by atoms with Crippen molar-refractivity contribution in [2.24, 2.45) is 0 Å². The lowest BCUT2D eigenvalue weighted by Crippen LogP contribution is -2.34. The number of carbonyl (C=O) groups is 2. The Labute approximate surface area is 133 Å². The molecule has 0 aliphatic heterocycles. The van der Waals surface area contributed by atoms with Crippen LogP contribution in [0.25, 0.3) is 10.9 Å². The van der Waals surface area contributed by atoms with E-state index in [1.54, 1.807) is 6.07 Å². The molecule has 0 radical (unpaired) electrons. The molecule has 7 heteroatoms. The predicted octanol–water partition coefficient (Wildman–Crippen LogP) is 2.97. The molecule has 1 N–H and O–H groups in total. The van der Waals surface area contributed by atoms with E-state index in [2.05, 4.69) is 4.98 Å². The Kier molecular flexibility index (Phi) is 4.78. The van der Waals surface area contributed by atoms with Crippen LogP contribution in [0.1, 0.15) is 24.2 Å². The molecular formula is C16H18FN3O3. The van der Waals surface area contributed by atoms with Crippen LogP contribution in [0.2, 0.25) is 0 Å². The van der Waals surface area contributed by atoms with Crippen LogP contribution in [0.4, 0.5) is 15.0 Å². The molecule has 2 amide bonds. The summed E-state index contributed by atoms with van der Waals surface area (Å²) < 4.78 is 14.0. The number of carboxylic acid groups (broad SMARTS) is 1. The summed E-state index contributed by atoms with van der Waals surface area (Å²) in [4.78, 5) is 30.5. The first-order valence-electron chi connectivity index (χ1n) is 7.25. The fraction of sp³-hybridized carbons (Fsp3) is 0.312. The molecule has 2 aromatic rings. The van der Waals surface area contributed by atoms with Crippen molar-refractivity contribution in [2.75, 3.05) is 25.0 Å². The van der Waals surface area contributed by atoms with Gasteiger partial charge in [-0.1, -0.05) is 6.07 Å². The molecule has 0 saturated heterocycles. The van der Waals surface area contributed by atoms with E-state index in [1.807, 2.05) is 13.8 Å². The number of pyridine rings is 1. The molecule has 2 rings (SSSR count). The van der Waals surface area contributed by atoms with Gasteiger partial charge in [0.15, 0.2) is 5.82 Å². The van der Waals surface area contributed by atoms with E-state index in [1.165, 1.54) is 30.1 Å². The van der Waals surface area contributed by atoms with E-state index >= 15 is 0 Å². The topological polar surface area (TPSA) is 73.7 Å². The molecule has 0 saturated carbocycles. The van der Waals surface area contributed by atoms with E-state index in [-0.39, 0.29) is 22.7 Å². The van der Waals surface area contributed by atoms with Gasteiger partial charge in [-0.05, 0) is 32.0 Å². The number of anilines is 1. The van der Waals surface area contributed by atoms with Crippen LogP contribution in [-0.4, -0.2) is 47.1 Å². The molecule has 6 nitrogen and oxygen atoms in total. The molecule has 0 bridgehead atoms. The smallest absolute Gasteiger partial charge is 0.412 e. The Morgan fingerprint density at radius 2 is 1.91 bits per heavy atom. The maximum Gasteiger partial charge on any atom is 0.412 e. The molecule has 0 aliphatic carbocycles. The van der Waals surface area contributed by atoms with Crippen LogP contribution in [0.15, 0.2) is 24.3 Å². The third-order valence-corrected chi connectivity index (χ3v) is 3.67. The minimum atomic E-state index is -1.25. The SMILES string of the molecule is CCN(CC)C(=O)c1cc2c(F)cccc2nc1N(C)C(=O)O. The lowest BCUT2D eigenvalue weighted by atomic mass is 10.1. The second kappa shape index (κ2) is 6.60. The zero-order valence-electron chi connectivity index (χ0n) is 13.2. The number of amides is 2. The molecule has 1 heterocycles. The van der Waals surface area contributed by atoms with Gasteiger partial charge in [0.25, 0.3) is 5.91 Å². The normalized spacial score (nSPS) is 10.6. The Morgan fingerprint density at radius 3 is 2.48 bits per heavy atom. The van der Waals surface area contributed by atoms with Crippen LogP contribution in [0.3, 0.4) is 0 Å². The zero-order valence-corrected chi connectivity index (χ0v) is 13.2. The summed E-state index contributed by atoms with van der Waals surface area (Å²) in [5, 5.41) is 9.39. The average Bonchev–Trinajstić information content (AvgIpc) is 2.54. The van der Waals surface area contributed by atoms with Crippen molar-refractivity contribution < 1.29 is 19.1 Å². The highest BCUT2D eigenvalue weighted by Gasteiger charge is 2.24. The van der Waals surface area contributed by atoms with Crippen LogP contribution in [0, 0.1) is 5.82 Å². The molecule has 0 aliphatic rings. The number of fused-ring (bicyclic) bond motifs is 1. The van der Waals surface area contributed by atoms with Crippen molar-refractivity contribution in [1.82, 2.24) is 9.88 Å². The highest BCUT2D eigenvalue weighted by Crippen LogP contribution is 2.26. The van der Waals surface area contributed by atoms with E-state index in [9.17, 15) is 19.1 Å². The first-order valence-corrected chi connectivity index (χ1v) is 7.25. The van der Waals surface area contributed by atoms with Crippen molar-refractivity contribution in [3.63, 3.8) is 0 Å². The molecule has 0 fully saturated rings. The van der Waals surface area contributed by atoms with Gasteiger partial charge in [-0.15, -0.1) is 0 Å². The maximum absolute atomic E-state index is 14.0. The molecule has 0 unspecified atom stereocenters. The van der Waals surface area contributed by atoms with E-state index in [0.717, 1.165) is 4.90 Å². The lowest BCUT2D eigenvalue weighted by Gasteiger charge is -2.22. The van der Waals surface area contributed by atoms with Gasteiger partial charge in [0.05, 0.1) is 11.1 Å². The summed E-state index contributed by atoms with van der Waals surface area (Å²) >= 11 is 0. The van der Waals surface area contributed by atoms with Gasteiger partial charge >= 0.3 is 6.09 Å². The van der Waals surface area contributed by atoms with Gasteiger partial charge in [-0.2, -0.15) is 0 Å². The maximum atomic E-state index is 14.0.